The minimum absolute atomic E-state index is 0.0229. The molecule has 2 aromatic carbocycles. The number of hydrogen-bond donors (Lipinski definition) is 1. The summed E-state index contributed by atoms with van der Waals surface area (Å²) in [6.07, 6.45) is -0.754. The van der Waals surface area contributed by atoms with Crippen LogP contribution in [0.5, 0.6) is 5.75 Å². The molecule has 0 amide bonds. The van der Waals surface area contributed by atoms with E-state index in [-0.39, 0.29) is 12.4 Å². The van der Waals surface area contributed by atoms with Gasteiger partial charge < -0.3 is 9.84 Å². The minimum Gasteiger partial charge on any atom is -0.486 e. The van der Waals surface area contributed by atoms with Gasteiger partial charge in [0.1, 0.15) is 12.4 Å². The van der Waals surface area contributed by atoms with E-state index in [4.69, 9.17) is 16.3 Å². The van der Waals surface area contributed by atoms with Gasteiger partial charge in [0, 0.05) is 10.6 Å². The lowest BCUT2D eigenvalue weighted by Crippen LogP contribution is -2.00. The Labute approximate surface area is 120 Å². The van der Waals surface area contributed by atoms with Crippen molar-refractivity contribution in [3.8, 4) is 5.75 Å². The molecule has 0 fully saturated rings. The third-order valence-electron chi connectivity index (χ3n) is 2.83. The zero-order valence-electron chi connectivity index (χ0n) is 10.7. The van der Waals surface area contributed by atoms with Gasteiger partial charge in [-0.3, -0.25) is 0 Å². The summed E-state index contributed by atoms with van der Waals surface area (Å²) in [6.45, 7) is 1.50. The lowest BCUT2D eigenvalue weighted by molar-refractivity contribution is 0.198. The Morgan fingerprint density at radius 2 is 1.95 bits per heavy atom. The highest BCUT2D eigenvalue weighted by Gasteiger charge is 2.09. The van der Waals surface area contributed by atoms with Crippen molar-refractivity contribution in [2.45, 2.75) is 19.6 Å². The van der Waals surface area contributed by atoms with Gasteiger partial charge in [-0.05, 0) is 42.8 Å². The molecule has 1 atom stereocenters. The van der Waals surface area contributed by atoms with Crippen LogP contribution in [0, 0.1) is 11.6 Å². The number of benzene rings is 2. The summed E-state index contributed by atoms with van der Waals surface area (Å²) in [4.78, 5) is 0. The molecule has 0 aromatic heterocycles. The van der Waals surface area contributed by atoms with E-state index in [1.54, 1.807) is 13.0 Å². The van der Waals surface area contributed by atoms with E-state index in [1.165, 1.54) is 30.3 Å². The number of rotatable bonds is 4. The maximum Gasteiger partial charge on any atom is 0.165 e. The summed E-state index contributed by atoms with van der Waals surface area (Å²) >= 11 is 5.90. The molecule has 2 rings (SSSR count). The molecule has 0 saturated heterocycles. The zero-order chi connectivity index (χ0) is 14.7. The number of aliphatic hydroxyl groups excluding tert-OH is 1. The molecule has 0 aliphatic heterocycles. The molecule has 1 N–H and O–H groups in total. The molecule has 0 saturated carbocycles. The highest BCUT2D eigenvalue weighted by molar-refractivity contribution is 6.31. The van der Waals surface area contributed by atoms with Crippen LogP contribution in [-0.4, -0.2) is 5.11 Å². The molecule has 106 valence electrons. The van der Waals surface area contributed by atoms with E-state index in [0.29, 0.717) is 16.1 Å². The minimum atomic E-state index is -0.754. The molecule has 0 spiro atoms. The first-order valence-corrected chi connectivity index (χ1v) is 6.39. The quantitative estimate of drug-likeness (QED) is 0.914. The van der Waals surface area contributed by atoms with Crippen LogP contribution in [0.3, 0.4) is 0 Å². The van der Waals surface area contributed by atoms with E-state index in [9.17, 15) is 13.9 Å². The van der Waals surface area contributed by atoms with Gasteiger partial charge in [0.2, 0.25) is 0 Å². The van der Waals surface area contributed by atoms with Crippen molar-refractivity contribution in [3.05, 3.63) is 64.2 Å². The molecule has 0 heterocycles. The molecule has 0 aliphatic carbocycles. The lowest BCUT2D eigenvalue weighted by Gasteiger charge is -2.11. The largest absolute Gasteiger partial charge is 0.486 e. The van der Waals surface area contributed by atoms with Crippen molar-refractivity contribution in [1.82, 2.24) is 0 Å². The molecule has 2 nitrogen and oxygen atoms in total. The van der Waals surface area contributed by atoms with Gasteiger partial charge >= 0.3 is 0 Å². The van der Waals surface area contributed by atoms with Crippen LogP contribution in [0.4, 0.5) is 8.78 Å². The van der Waals surface area contributed by atoms with Crippen molar-refractivity contribution >= 4 is 11.6 Å². The van der Waals surface area contributed by atoms with Gasteiger partial charge in [-0.15, -0.1) is 0 Å². The summed E-state index contributed by atoms with van der Waals surface area (Å²) in [6, 6.07) is 8.09. The summed E-state index contributed by atoms with van der Waals surface area (Å²) in [7, 11) is 0. The van der Waals surface area contributed by atoms with Crippen LogP contribution in [0.2, 0.25) is 5.02 Å². The first kappa shape index (κ1) is 14.8. The van der Waals surface area contributed by atoms with Crippen LogP contribution in [0.1, 0.15) is 24.2 Å². The predicted octanol–water partition coefficient (Wildman–Crippen LogP) is 4.25. The molecule has 0 bridgehead atoms. The van der Waals surface area contributed by atoms with E-state index in [0.717, 1.165) is 0 Å². The topological polar surface area (TPSA) is 29.5 Å². The first-order valence-electron chi connectivity index (χ1n) is 6.01. The monoisotopic (exact) mass is 298 g/mol. The Kier molecular flexibility index (Phi) is 4.57. The second-order valence-corrected chi connectivity index (χ2v) is 4.80. The predicted molar refractivity (Wildman–Crippen MR) is 72.8 cm³/mol. The van der Waals surface area contributed by atoms with E-state index >= 15 is 0 Å². The normalized spacial score (nSPS) is 12.2. The van der Waals surface area contributed by atoms with Crippen molar-refractivity contribution in [3.63, 3.8) is 0 Å². The van der Waals surface area contributed by atoms with Gasteiger partial charge in [0.15, 0.2) is 11.6 Å². The molecule has 0 unspecified atom stereocenters. The summed E-state index contributed by atoms with van der Waals surface area (Å²) in [5.74, 6) is -0.997. The van der Waals surface area contributed by atoms with Crippen LogP contribution >= 0.6 is 11.6 Å². The first-order chi connectivity index (χ1) is 9.47. The fourth-order valence-electron chi connectivity index (χ4n) is 1.70. The fraction of sp³-hybridized carbons (Fsp3) is 0.200. The van der Waals surface area contributed by atoms with E-state index < -0.39 is 17.7 Å². The summed E-state index contributed by atoms with van der Waals surface area (Å²) in [5, 5.41) is 9.70. The van der Waals surface area contributed by atoms with Crippen molar-refractivity contribution in [1.29, 1.82) is 0 Å². The maximum atomic E-state index is 13.7. The Bertz CT molecular complexity index is 615. The number of halogens is 3. The van der Waals surface area contributed by atoms with Crippen LogP contribution < -0.4 is 4.74 Å². The van der Waals surface area contributed by atoms with Gasteiger partial charge in [-0.1, -0.05) is 17.7 Å². The highest BCUT2D eigenvalue weighted by atomic mass is 35.5. The zero-order valence-corrected chi connectivity index (χ0v) is 11.5. The van der Waals surface area contributed by atoms with Crippen LogP contribution in [-0.2, 0) is 6.61 Å². The number of aliphatic hydroxyl groups is 1. The number of ether oxygens (including phenoxy) is 1. The van der Waals surface area contributed by atoms with Crippen molar-refractivity contribution in [2.75, 3.05) is 0 Å². The van der Waals surface area contributed by atoms with Crippen LogP contribution in [0.15, 0.2) is 36.4 Å². The Hall–Kier alpha value is -1.65. The standard InChI is InChI=1S/C15H13ClF2O2/c1-9(19)10-2-5-15(14(18)7-10)20-8-11-6-12(17)3-4-13(11)16/h2-7,9,19H,8H2,1H3/t9-/m1/s1. The van der Waals surface area contributed by atoms with Gasteiger partial charge in [-0.2, -0.15) is 0 Å². The van der Waals surface area contributed by atoms with E-state index in [2.05, 4.69) is 0 Å². The van der Waals surface area contributed by atoms with Crippen molar-refractivity contribution < 1.29 is 18.6 Å². The molecule has 2 aromatic rings. The molecule has 5 heteroatoms. The number of hydrogen-bond acceptors (Lipinski definition) is 2. The van der Waals surface area contributed by atoms with Crippen molar-refractivity contribution in [2.24, 2.45) is 0 Å². The molecule has 0 radical (unpaired) electrons. The van der Waals surface area contributed by atoms with E-state index in [1.807, 2.05) is 0 Å². The average Bonchev–Trinajstić information content (AvgIpc) is 2.40. The van der Waals surface area contributed by atoms with Gasteiger partial charge in [0.05, 0.1) is 6.10 Å². The second-order valence-electron chi connectivity index (χ2n) is 4.39. The Balaban J connectivity index is 2.13. The Morgan fingerprint density at radius 1 is 1.20 bits per heavy atom. The fourth-order valence-corrected chi connectivity index (χ4v) is 1.88. The highest BCUT2D eigenvalue weighted by Crippen LogP contribution is 2.24. The maximum absolute atomic E-state index is 13.7. The molecular formula is C15H13ClF2O2. The smallest absolute Gasteiger partial charge is 0.165 e. The third kappa shape index (κ3) is 3.46. The summed E-state index contributed by atoms with van der Waals surface area (Å²) in [5.41, 5.74) is 0.893. The molecular weight excluding hydrogens is 286 g/mol. The summed E-state index contributed by atoms with van der Waals surface area (Å²) < 4.78 is 32.1. The second kappa shape index (κ2) is 6.20. The Morgan fingerprint density at radius 3 is 2.60 bits per heavy atom. The van der Waals surface area contributed by atoms with Gasteiger partial charge in [-0.25, -0.2) is 8.78 Å². The van der Waals surface area contributed by atoms with Gasteiger partial charge in [0.25, 0.3) is 0 Å². The molecule has 20 heavy (non-hydrogen) atoms. The SMILES string of the molecule is C[C@@H](O)c1ccc(OCc2cc(F)ccc2Cl)c(F)c1. The average molecular weight is 299 g/mol. The third-order valence-corrected chi connectivity index (χ3v) is 3.20. The molecule has 0 aliphatic rings. The van der Waals surface area contributed by atoms with Crippen LogP contribution in [0.25, 0.3) is 0 Å². The lowest BCUT2D eigenvalue weighted by atomic mass is 10.1.